The van der Waals surface area contributed by atoms with Crippen LogP contribution in [0.5, 0.6) is 0 Å². The van der Waals surface area contributed by atoms with Gasteiger partial charge in [0.05, 0.1) is 13.2 Å². The van der Waals surface area contributed by atoms with Crippen LogP contribution >= 0.6 is 7.82 Å². The number of phosphoric acid groups is 1. The van der Waals surface area contributed by atoms with Crippen LogP contribution in [0.4, 0.5) is 0 Å². The molecule has 0 aromatic rings. The zero-order valence-corrected chi connectivity index (χ0v) is 41.3. The van der Waals surface area contributed by atoms with Crippen LogP contribution in [0.1, 0.15) is 219 Å². The summed E-state index contributed by atoms with van der Waals surface area (Å²) in [6.07, 6.45) is 55.9. The van der Waals surface area contributed by atoms with Crippen LogP contribution < -0.4 is 5.73 Å². The molecule has 0 aromatic heterocycles. The molecule has 0 spiro atoms. The summed E-state index contributed by atoms with van der Waals surface area (Å²) in [5, 5.41) is 8.91. The number of aliphatic carboxylic acids is 1. The van der Waals surface area contributed by atoms with Gasteiger partial charge in [-0.3, -0.25) is 23.4 Å². The summed E-state index contributed by atoms with van der Waals surface area (Å²) in [6, 6.07) is -1.53. The molecule has 3 atom stereocenters. The molecule has 0 aliphatic rings. The number of esters is 2. The Morgan fingerprint density at radius 1 is 0.484 bits per heavy atom. The van der Waals surface area contributed by atoms with E-state index in [0.29, 0.717) is 19.3 Å². The minimum Gasteiger partial charge on any atom is -0.480 e. The smallest absolute Gasteiger partial charge is 0.472 e. The Morgan fingerprint density at radius 2 is 0.859 bits per heavy atom. The highest BCUT2D eigenvalue weighted by atomic mass is 31.2. The SMILES string of the molecule is CCCCC/C=C/C/C=C/C/C=C/CCCCCCC(=O)OC[C@@H](COP(=O)(O)OC[C@H](N)C(=O)O)OC(=O)CCC/C=C/CC/C=C/CCCCCCCCCCCCCCCC. The van der Waals surface area contributed by atoms with Gasteiger partial charge in [0.15, 0.2) is 6.10 Å². The summed E-state index contributed by atoms with van der Waals surface area (Å²) in [4.78, 5) is 46.1. The van der Waals surface area contributed by atoms with E-state index in [9.17, 15) is 23.8 Å². The maximum atomic E-state index is 12.7. The fourth-order valence-corrected chi connectivity index (χ4v) is 7.52. The number of carboxylic acids is 1. The molecule has 0 fully saturated rings. The van der Waals surface area contributed by atoms with Gasteiger partial charge in [0, 0.05) is 12.8 Å². The van der Waals surface area contributed by atoms with Gasteiger partial charge in [0.1, 0.15) is 12.6 Å². The van der Waals surface area contributed by atoms with Crippen LogP contribution in [0.2, 0.25) is 0 Å². The Hall–Kier alpha value is -2.82. The summed E-state index contributed by atoms with van der Waals surface area (Å²) in [5.74, 6) is -2.46. The van der Waals surface area contributed by atoms with E-state index in [4.69, 9.17) is 24.8 Å². The average molecular weight is 922 g/mol. The normalized spacial score (nSPS) is 14.1. The number of nitrogens with two attached hydrogens (primary N) is 1. The van der Waals surface area contributed by atoms with Gasteiger partial charge in [-0.05, 0) is 83.5 Å². The first-order valence-electron chi connectivity index (χ1n) is 25.3. The third-order valence-electron chi connectivity index (χ3n) is 10.7. The maximum absolute atomic E-state index is 12.7. The first kappa shape index (κ1) is 61.2. The summed E-state index contributed by atoms with van der Waals surface area (Å²) in [5.41, 5.74) is 5.34. The Balaban J connectivity index is 4.34. The first-order valence-corrected chi connectivity index (χ1v) is 26.8. The van der Waals surface area contributed by atoms with E-state index in [1.165, 1.54) is 109 Å². The molecule has 0 bridgehead atoms. The lowest BCUT2D eigenvalue weighted by Gasteiger charge is -2.20. The van der Waals surface area contributed by atoms with Crippen molar-refractivity contribution in [2.75, 3.05) is 19.8 Å². The Bertz CT molecular complexity index is 1310. The topological polar surface area (TPSA) is 172 Å². The molecule has 0 radical (unpaired) electrons. The third kappa shape index (κ3) is 45.7. The van der Waals surface area contributed by atoms with Gasteiger partial charge in [0.25, 0.3) is 0 Å². The molecule has 1 unspecified atom stereocenters. The maximum Gasteiger partial charge on any atom is 0.472 e. The highest BCUT2D eigenvalue weighted by Gasteiger charge is 2.28. The molecule has 11 nitrogen and oxygen atoms in total. The number of allylic oxidation sites excluding steroid dienone is 10. The predicted octanol–water partition coefficient (Wildman–Crippen LogP) is 14.3. The fraction of sp³-hybridized carbons (Fsp3) is 0.750. The molecule has 12 heteroatoms. The molecule has 4 N–H and O–H groups in total. The molecule has 370 valence electrons. The summed E-state index contributed by atoms with van der Waals surface area (Å²) >= 11 is 0. The van der Waals surface area contributed by atoms with Gasteiger partial charge >= 0.3 is 25.7 Å². The average Bonchev–Trinajstić information content (AvgIpc) is 3.27. The minimum atomic E-state index is -4.74. The van der Waals surface area contributed by atoms with Crippen molar-refractivity contribution in [3.05, 3.63) is 60.8 Å². The lowest BCUT2D eigenvalue weighted by molar-refractivity contribution is -0.161. The van der Waals surface area contributed by atoms with Crippen molar-refractivity contribution in [3.63, 3.8) is 0 Å². The van der Waals surface area contributed by atoms with Crippen molar-refractivity contribution in [2.45, 2.75) is 231 Å². The van der Waals surface area contributed by atoms with E-state index in [0.717, 1.165) is 64.2 Å². The quantitative estimate of drug-likeness (QED) is 0.0230. The Labute approximate surface area is 389 Å². The van der Waals surface area contributed by atoms with Gasteiger partial charge in [-0.2, -0.15) is 0 Å². The highest BCUT2D eigenvalue weighted by molar-refractivity contribution is 7.47. The zero-order valence-electron chi connectivity index (χ0n) is 40.4. The number of rotatable bonds is 47. The second-order valence-electron chi connectivity index (χ2n) is 16.9. The van der Waals surface area contributed by atoms with Crippen LogP contribution in [0.3, 0.4) is 0 Å². The van der Waals surface area contributed by atoms with Crippen molar-refractivity contribution < 1.29 is 47.5 Å². The van der Waals surface area contributed by atoms with Crippen LogP contribution in [0, 0.1) is 0 Å². The predicted molar refractivity (Wildman–Crippen MR) is 263 cm³/mol. The molecule has 0 saturated carbocycles. The molecular formula is C52H92NO10P. The van der Waals surface area contributed by atoms with Crippen LogP contribution in [-0.4, -0.2) is 59.9 Å². The van der Waals surface area contributed by atoms with Gasteiger partial charge in [-0.1, -0.05) is 184 Å². The van der Waals surface area contributed by atoms with Crippen molar-refractivity contribution in [1.82, 2.24) is 0 Å². The van der Waals surface area contributed by atoms with Gasteiger partial charge in [0.2, 0.25) is 0 Å². The van der Waals surface area contributed by atoms with Gasteiger partial charge in [-0.15, -0.1) is 0 Å². The number of carbonyl (C=O) groups is 3. The number of ether oxygens (including phenoxy) is 2. The van der Waals surface area contributed by atoms with Crippen molar-refractivity contribution >= 4 is 25.7 Å². The van der Waals surface area contributed by atoms with Crippen molar-refractivity contribution in [2.24, 2.45) is 5.73 Å². The van der Waals surface area contributed by atoms with Gasteiger partial charge in [-0.25, -0.2) is 4.57 Å². The summed E-state index contributed by atoms with van der Waals surface area (Å²) in [6.45, 7) is 2.74. The number of phosphoric ester groups is 1. The van der Waals surface area contributed by atoms with Crippen LogP contribution in [0.15, 0.2) is 60.8 Å². The van der Waals surface area contributed by atoms with E-state index in [1.807, 2.05) is 6.08 Å². The summed E-state index contributed by atoms with van der Waals surface area (Å²) in [7, 11) is -4.74. The number of unbranched alkanes of at least 4 members (excludes halogenated alkanes) is 23. The molecule has 0 aliphatic carbocycles. The first-order chi connectivity index (χ1) is 31.1. The van der Waals surface area contributed by atoms with E-state index in [-0.39, 0.29) is 19.4 Å². The fourth-order valence-electron chi connectivity index (χ4n) is 6.74. The minimum absolute atomic E-state index is 0.0946. The van der Waals surface area contributed by atoms with Crippen LogP contribution in [-0.2, 0) is 37.5 Å². The highest BCUT2D eigenvalue weighted by Crippen LogP contribution is 2.43. The van der Waals surface area contributed by atoms with Crippen molar-refractivity contribution in [3.8, 4) is 0 Å². The Morgan fingerprint density at radius 3 is 1.38 bits per heavy atom. The molecular weight excluding hydrogens is 830 g/mol. The number of hydrogen-bond acceptors (Lipinski definition) is 9. The molecule has 0 rings (SSSR count). The molecule has 64 heavy (non-hydrogen) atoms. The zero-order chi connectivity index (χ0) is 47.0. The van der Waals surface area contributed by atoms with Crippen LogP contribution in [0.25, 0.3) is 0 Å². The number of carboxylic acid groups (broad SMARTS) is 1. The number of carbonyl (C=O) groups excluding carboxylic acids is 2. The van der Waals surface area contributed by atoms with Gasteiger partial charge < -0.3 is 25.2 Å². The van der Waals surface area contributed by atoms with E-state index < -0.39 is 51.1 Å². The molecule has 0 aromatic carbocycles. The lowest BCUT2D eigenvalue weighted by Crippen LogP contribution is -2.34. The third-order valence-corrected chi connectivity index (χ3v) is 11.7. The molecule has 0 amide bonds. The lowest BCUT2D eigenvalue weighted by atomic mass is 10.0. The second-order valence-corrected chi connectivity index (χ2v) is 18.4. The summed E-state index contributed by atoms with van der Waals surface area (Å²) < 4.78 is 32.7. The largest absolute Gasteiger partial charge is 0.480 e. The van der Waals surface area contributed by atoms with Crippen molar-refractivity contribution in [1.29, 1.82) is 0 Å². The monoisotopic (exact) mass is 922 g/mol. The van der Waals surface area contributed by atoms with E-state index >= 15 is 0 Å². The second kappa shape index (κ2) is 46.7. The van der Waals surface area contributed by atoms with E-state index in [1.54, 1.807) is 0 Å². The molecule has 0 saturated heterocycles. The molecule has 0 aliphatic heterocycles. The molecule has 0 heterocycles. The Kier molecular flexibility index (Phi) is 44.6. The standard InChI is InChI=1S/C52H92NO10P/c1-3-5-7-9-11-13-15-17-19-21-22-23-24-25-26-28-30-32-34-36-38-40-42-44-51(55)63-48(46-61-64(58,59)62-47-49(53)52(56)57)45-60-50(54)43-41-39-37-35-33-31-29-27-20-18-16-14-12-10-8-6-4-2/h12,14,18,20,28-31,36,38,48-49H,3-11,13,15-17,19,21-27,32-35,37,39-47,53H2,1-2H3,(H,56,57)(H,58,59)/b14-12+,20-18+,30-28+,31-29+,38-36+/t48-,49-/m0/s1. The van der Waals surface area contributed by atoms with E-state index in [2.05, 4.69) is 73.1 Å². The number of hydrogen-bond donors (Lipinski definition) is 3.